The Labute approximate surface area is 172 Å². The van der Waals surface area contributed by atoms with Crippen LogP contribution in [-0.2, 0) is 23.7 Å². The lowest BCUT2D eigenvalue weighted by atomic mass is 10.0. The van der Waals surface area contributed by atoms with E-state index >= 15 is 0 Å². The van der Waals surface area contributed by atoms with Crippen LogP contribution < -0.4 is 0 Å². The number of unbranched alkanes of at least 4 members (excludes halogenated alkanes) is 11. The van der Waals surface area contributed by atoms with Crippen LogP contribution in [0.5, 0.6) is 0 Å². The number of esters is 1. The van der Waals surface area contributed by atoms with Gasteiger partial charge in [0.1, 0.15) is 6.79 Å². The highest BCUT2D eigenvalue weighted by molar-refractivity contribution is 5.66. The monoisotopic (exact) mass is 400 g/mol. The fraction of sp³-hybridized carbons (Fsp3) is 0.957. The van der Waals surface area contributed by atoms with Gasteiger partial charge in [0.15, 0.2) is 0 Å². The summed E-state index contributed by atoms with van der Waals surface area (Å²) >= 11 is 0. The minimum atomic E-state index is -0.418. The van der Waals surface area contributed by atoms with Crippen molar-refractivity contribution in [1.29, 1.82) is 0 Å². The molecular weight excluding hydrogens is 356 g/mol. The Morgan fingerprint density at radius 1 is 0.929 bits per heavy atom. The van der Waals surface area contributed by atoms with Crippen LogP contribution in [0.2, 0.25) is 0 Å². The lowest BCUT2D eigenvalue weighted by Gasteiger charge is -2.24. The highest BCUT2D eigenvalue weighted by Crippen LogP contribution is 2.27. The van der Waals surface area contributed by atoms with Gasteiger partial charge < -0.3 is 18.9 Å². The molecule has 0 amide bonds. The summed E-state index contributed by atoms with van der Waals surface area (Å²) in [7, 11) is 1.64. The second-order valence-electron chi connectivity index (χ2n) is 8.08. The standard InChI is InChI=1S/C23H44O5/c1-4-5-6-7-8-9-10-11-12-13-14-15-16-21(26-19-25-3)22-17-18-23(28-22)27-20(2)24/h21-23H,4-19H2,1-3H3/t21-,22+,23?/m0/s1. The lowest BCUT2D eigenvalue weighted by Crippen LogP contribution is -2.31. The number of rotatable bonds is 18. The van der Waals surface area contributed by atoms with Crippen LogP contribution in [0.1, 0.15) is 110 Å². The van der Waals surface area contributed by atoms with Crippen LogP contribution in [0.25, 0.3) is 0 Å². The summed E-state index contributed by atoms with van der Waals surface area (Å²) in [6, 6.07) is 0. The smallest absolute Gasteiger partial charge is 0.304 e. The predicted molar refractivity (Wildman–Crippen MR) is 112 cm³/mol. The van der Waals surface area contributed by atoms with Gasteiger partial charge in [-0.05, 0) is 12.8 Å². The first kappa shape index (κ1) is 25.4. The van der Waals surface area contributed by atoms with Crippen molar-refractivity contribution < 1.29 is 23.7 Å². The molecule has 5 nitrogen and oxygen atoms in total. The third kappa shape index (κ3) is 12.7. The number of carbonyl (C=O) groups is 1. The summed E-state index contributed by atoms with van der Waals surface area (Å²) in [5.74, 6) is -0.291. The molecule has 1 aliphatic heterocycles. The topological polar surface area (TPSA) is 54.0 Å². The molecule has 1 unspecified atom stereocenters. The Balaban J connectivity index is 2.07. The summed E-state index contributed by atoms with van der Waals surface area (Å²) in [5.41, 5.74) is 0. The third-order valence-corrected chi connectivity index (χ3v) is 5.47. The number of hydrogen-bond donors (Lipinski definition) is 0. The zero-order chi connectivity index (χ0) is 20.5. The fourth-order valence-electron chi connectivity index (χ4n) is 3.90. The fourth-order valence-corrected chi connectivity index (χ4v) is 3.90. The van der Waals surface area contributed by atoms with E-state index in [4.69, 9.17) is 18.9 Å². The van der Waals surface area contributed by atoms with Crippen LogP contribution in [0.3, 0.4) is 0 Å². The number of methoxy groups -OCH3 is 1. The summed E-state index contributed by atoms with van der Waals surface area (Å²) in [5, 5.41) is 0. The molecule has 0 N–H and O–H groups in total. The molecule has 166 valence electrons. The van der Waals surface area contributed by atoms with E-state index in [2.05, 4.69) is 6.92 Å². The Bertz CT molecular complexity index is 374. The second-order valence-corrected chi connectivity index (χ2v) is 8.08. The summed E-state index contributed by atoms with van der Waals surface area (Å²) in [6.07, 6.45) is 18.3. The number of hydrogen-bond acceptors (Lipinski definition) is 5. The molecule has 0 radical (unpaired) electrons. The lowest BCUT2D eigenvalue weighted by molar-refractivity contribution is -0.188. The Morgan fingerprint density at radius 3 is 2.04 bits per heavy atom. The van der Waals surface area contributed by atoms with Gasteiger partial charge in [0, 0.05) is 20.5 Å². The minimum Gasteiger partial charge on any atom is -0.436 e. The van der Waals surface area contributed by atoms with Crippen molar-refractivity contribution in [3.8, 4) is 0 Å². The molecule has 0 aromatic rings. The van der Waals surface area contributed by atoms with Crippen LogP contribution in [-0.4, -0.2) is 38.4 Å². The molecule has 0 bridgehead atoms. The highest BCUT2D eigenvalue weighted by atomic mass is 16.7. The molecule has 0 spiro atoms. The average molecular weight is 401 g/mol. The summed E-state index contributed by atoms with van der Waals surface area (Å²) in [6.45, 7) is 3.97. The zero-order valence-electron chi connectivity index (χ0n) is 18.6. The van der Waals surface area contributed by atoms with E-state index < -0.39 is 6.29 Å². The largest absolute Gasteiger partial charge is 0.436 e. The maximum atomic E-state index is 11.1. The van der Waals surface area contributed by atoms with E-state index in [0.717, 1.165) is 25.7 Å². The van der Waals surface area contributed by atoms with Crippen molar-refractivity contribution >= 4 is 5.97 Å². The van der Waals surface area contributed by atoms with E-state index in [-0.39, 0.29) is 25.0 Å². The van der Waals surface area contributed by atoms with E-state index in [1.165, 1.54) is 77.6 Å². The maximum absolute atomic E-state index is 11.1. The van der Waals surface area contributed by atoms with Crippen molar-refractivity contribution in [1.82, 2.24) is 0 Å². The molecule has 1 rings (SSSR count). The van der Waals surface area contributed by atoms with Crippen LogP contribution in [0, 0.1) is 0 Å². The molecular formula is C23H44O5. The maximum Gasteiger partial charge on any atom is 0.304 e. The van der Waals surface area contributed by atoms with Crippen molar-refractivity contribution in [3.05, 3.63) is 0 Å². The molecule has 1 aliphatic rings. The molecule has 0 aromatic carbocycles. The van der Waals surface area contributed by atoms with Gasteiger partial charge in [0.25, 0.3) is 0 Å². The first-order valence-electron chi connectivity index (χ1n) is 11.6. The van der Waals surface area contributed by atoms with Gasteiger partial charge in [-0.25, -0.2) is 0 Å². The van der Waals surface area contributed by atoms with Gasteiger partial charge in [0.05, 0.1) is 12.2 Å². The molecule has 0 aromatic heterocycles. The van der Waals surface area contributed by atoms with Crippen molar-refractivity contribution in [2.75, 3.05) is 13.9 Å². The first-order chi connectivity index (χ1) is 13.7. The minimum absolute atomic E-state index is 0.00721. The van der Waals surface area contributed by atoms with E-state index in [1.807, 2.05) is 0 Å². The quantitative estimate of drug-likeness (QED) is 0.157. The van der Waals surface area contributed by atoms with Crippen molar-refractivity contribution in [2.45, 2.75) is 129 Å². The van der Waals surface area contributed by atoms with Gasteiger partial charge in [0.2, 0.25) is 6.29 Å². The normalized spacial score (nSPS) is 20.4. The molecule has 1 heterocycles. The van der Waals surface area contributed by atoms with Gasteiger partial charge in [-0.15, -0.1) is 0 Å². The second kappa shape index (κ2) is 17.2. The van der Waals surface area contributed by atoms with Crippen LogP contribution in [0.4, 0.5) is 0 Å². The SMILES string of the molecule is CCCCCCCCCCCCCC[C@H](OCOC)[C@H]1CCC(OC(C)=O)O1. The van der Waals surface area contributed by atoms with Gasteiger partial charge in [-0.1, -0.05) is 84.0 Å². The Morgan fingerprint density at radius 2 is 1.50 bits per heavy atom. The van der Waals surface area contributed by atoms with E-state index in [9.17, 15) is 4.79 Å². The third-order valence-electron chi connectivity index (χ3n) is 5.47. The zero-order valence-corrected chi connectivity index (χ0v) is 18.6. The molecule has 3 atom stereocenters. The predicted octanol–water partition coefficient (Wildman–Crippen LogP) is 6.13. The van der Waals surface area contributed by atoms with Gasteiger partial charge >= 0.3 is 5.97 Å². The highest BCUT2D eigenvalue weighted by Gasteiger charge is 2.33. The molecule has 1 fully saturated rings. The number of ether oxygens (including phenoxy) is 4. The van der Waals surface area contributed by atoms with Crippen molar-refractivity contribution in [3.63, 3.8) is 0 Å². The van der Waals surface area contributed by atoms with Crippen molar-refractivity contribution in [2.24, 2.45) is 0 Å². The van der Waals surface area contributed by atoms with E-state index in [0.29, 0.717) is 0 Å². The first-order valence-corrected chi connectivity index (χ1v) is 11.6. The van der Waals surface area contributed by atoms with Gasteiger partial charge in [-0.3, -0.25) is 4.79 Å². The molecule has 1 saturated heterocycles. The van der Waals surface area contributed by atoms with Gasteiger partial charge in [-0.2, -0.15) is 0 Å². The Hall–Kier alpha value is -0.650. The molecule has 28 heavy (non-hydrogen) atoms. The number of carbonyl (C=O) groups excluding carboxylic acids is 1. The van der Waals surface area contributed by atoms with E-state index in [1.54, 1.807) is 7.11 Å². The molecule has 0 aliphatic carbocycles. The van der Waals surface area contributed by atoms with Crippen LogP contribution >= 0.6 is 0 Å². The summed E-state index contributed by atoms with van der Waals surface area (Å²) in [4.78, 5) is 11.1. The molecule has 5 heteroatoms. The molecule has 0 saturated carbocycles. The summed E-state index contributed by atoms with van der Waals surface area (Å²) < 4.78 is 21.9. The Kier molecular flexibility index (Phi) is 15.6. The van der Waals surface area contributed by atoms with Crippen LogP contribution in [0.15, 0.2) is 0 Å². The average Bonchev–Trinajstić information content (AvgIpc) is 3.12.